The zero-order valence-corrected chi connectivity index (χ0v) is 10.3. The monoisotopic (exact) mass is 224 g/mol. The van der Waals surface area contributed by atoms with Crippen LogP contribution in [0.2, 0.25) is 0 Å². The lowest BCUT2D eigenvalue weighted by Gasteiger charge is -2.26. The molecule has 0 unspecified atom stereocenters. The molecule has 0 saturated carbocycles. The van der Waals surface area contributed by atoms with Crippen LogP contribution in [0.1, 0.15) is 19.4 Å². The highest BCUT2D eigenvalue weighted by molar-refractivity contribution is 5.17. The van der Waals surface area contributed by atoms with Crippen molar-refractivity contribution >= 4 is 0 Å². The van der Waals surface area contributed by atoms with Crippen molar-refractivity contribution in [3.63, 3.8) is 0 Å². The molecule has 2 nitrogen and oxygen atoms in total. The van der Waals surface area contributed by atoms with Gasteiger partial charge in [0.05, 0.1) is 0 Å². The third kappa shape index (κ3) is 4.29. The lowest BCUT2D eigenvalue weighted by molar-refractivity contribution is 0.377. The van der Waals surface area contributed by atoms with E-state index < -0.39 is 0 Å². The van der Waals surface area contributed by atoms with Crippen LogP contribution in [-0.4, -0.2) is 25.7 Å². The first-order valence-corrected chi connectivity index (χ1v) is 5.68. The third-order valence-electron chi connectivity index (χ3n) is 2.57. The van der Waals surface area contributed by atoms with E-state index in [9.17, 15) is 4.39 Å². The summed E-state index contributed by atoms with van der Waals surface area (Å²) in [5, 5.41) is 6.54. The van der Waals surface area contributed by atoms with Gasteiger partial charge in [-0.3, -0.25) is 0 Å². The van der Waals surface area contributed by atoms with E-state index in [4.69, 9.17) is 0 Å². The number of hydrogen-bond donors (Lipinski definition) is 2. The van der Waals surface area contributed by atoms with Crippen LogP contribution in [0, 0.1) is 5.82 Å². The van der Waals surface area contributed by atoms with Crippen molar-refractivity contribution in [3.05, 3.63) is 35.6 Å². The first-order chi connectivity index (χ1) is 7.55. The van der Waals surface area contributed by atoms with Crippen LogP contribution in [0.3, 0.4) is 0 Å². The van der Waals surface area contributed by atoms with Crippen LogP contribution in [0.4, 0.5) is 4.39 Å². The first-order valence-electron chi connectivity index (χ1n) is 5.68. The Labute approximate surface area is 97.3 Å². The quantitative estimate of drug-likeness (QED) is 0.772. The summed E-state index contributed by atoms with van der Waals surface area (Å²) >= 11 is 0. The molecule has 2 N–H and O–H groups in total. The summed E-state index contributed by atoms with van der Waals surface area (Å²) < 4.78 is 13.3. The predicted molar refractivity (Wildman–Crippen MR) is 66.1 cm³/mol. The van der Waals surface area contributed by atoms with Gasteiger partial charge in [0.25, 0.3) is 0 Å². The smallest absolute Gasteiger partial charge is 0.126 e. The summed E-state index contributed by atoms with van der Waals surface area (Å²) in [6.45, 7) is 5.94. The van der Waals surface area contributed by atoms with Gasteiger partial charge >= 0.3 is 0 Å². The summed E-state index contributed by atoms with van der Waals surface area (Å²) in [6.07, 6.45) is 0.722. The SMILES string of the molecule is CNCC(C)(C)NCCc1ccccc1F. The Balaban J connectivity index is 2.39. The van der Waals surface area contributed by atoms with Gasteiger partial charge in [-0.1, -0.05) is 18.2 Å². The van der Waals surface area contributed by atoms with Crippen LogP contribution in [0.25, 0.3) is 0 Å². The van der Waals surface area contributed by atoms with Gasteiger partial charge < -0.3 is 10.6 Å². The molecule has 1 aromatic rings. The van der Waals surface area contributed by atoms with Crippen LogP contribution in [0.5, 0.6) is 0 Å². The second-order valence-electron chi connectivity index (χ2n) is 4.68. The molecule has 0 radical (unpaired) electrons. The molecule has 1 aromatic carbocycles. The maximum Gasteiger partial charge on any atom is 0.126 e. The highest BCUT2D eigenvalue weighted by atomic mass is 19.1. The summed E-state index contributed by atoms with van der Waals surface area (Å²) in [4.78, 5) is 0. The van der Waals surface area contributed by atoms with Crippen LogP contribution >= 0.6 is 0 Å². The van der Waals surface area contributed by atoms with Gasteiger partial charge in [0.2, 0.25) is 0 Å². The van der Waals surface area contributed by atoms with Crippen LogP contribution in [-0.2, 0) is 6.42 Å². The van der Waals surface area contributed by atoms with E-state index in [2.05, 4.69) is 24.5 Å². The molecule has 0 aliphatic carbocycles. The zero-order chi connectivity index (χ0) is 12.0. The minimum Gasteiger partial charge on any atom is -0.318 e. The highest BCUT2D eigenvalue weighted by Gasteiger charge is 2.14. The zero-order valence-electron chi connectivity index (χ0n) is 10.3. The van der Waals surface area contributed by atoms with Crippen molar-refractivity contribution in [1.82, 2.24) is 10.6 Å². The molecule has 0 bridgehead atoms. The topological polar surface area (TPSA) is 24.1 Å². The van der Waals surface area contributed by atoms with E-state index in [1.807, 2.05) is 19.2 Å². The molecule has 1 rings (SSSR count). The number of halogens is 1. The molecule has 0 spiro atoms. The highest BCUT2D eigenvalue weighted by Crippen LogP contribution is 2.07. The van der Waals surface area contributed by atoms with Gasteiger partial charge in [-0.25, -0.2) is 4.39 Å². The molecule has 16 heavy (non-hydrogen) atoms. The molecule has 0 atom stereocenters. The summed E-state index contributed by atoms with van der Waals surface area (Å²) in [7, 11) is 1.93. The van der Waals surface area contributed by atoms with Crippen molar-refractivity contribution in [2.75, 3.05) is 20.1 Å². The fourth-order valence-corrected chi connectivity index (χ4v) is 1.74. The van der Waals surface area contributed by atoms with Crippen molar-refractivity contribution in [1.29, 1.82) is 0 Å². The lowest BCUT2D eigenvalue weighted by atomic mass is 10.0. The van der Waals surface area contributed by atoms with Crippen LogP contribution in [0.15, 0.2) is 24.3 Å². The molecule has 0 amide bonds. The summed E-state index contributed by atoms with van der Waals surface area (Å²) in [6, 6.07) is 6.94. The van der Waals surface area contributed by atoms with Crippen molar-refractivity contribution in [3.8, 4) is 0 Å². The number of hydrogen-bond acceptors (Lipinski definition) is 2. The molecule has 90 valence electrons. The average molecular weight is 224 g/mol. The normalized spacial score (nSPS) is 11.8. The molecule has 3 heteroatoms. The molecule has 0 aromatic heterocycles. The predicted octanol–water partition coefficient (Wildman–Crippen LogP) is 1.96. The molecular formula is C13H21FN2. The van der Waals surface area contributed by atoms with Gasteiger partial charge in [0, 0.05) is 12.1 Å². The van der Waals surface area contributed by atoms with Gasteiger partial charge in [-0.2, -0.15) is 0 Å². The van der Waals surface area contributed by atoms with Crippen LogP contribution < -0.4 is 10.6 Å². The molecular weight excluding hydrogens is 203 g/mol. The van der Waals surface area contributed by atoms with E-state index in [-0.39, 0.29) is 11.4 Å². The third-order valence-corrected chi connectivity index (χ3v) is 2.57. The standard InChI is InChI=1S/C13H21FN2/c1-13(2,10-15-3)16-9-8-11-6-4-5-7-12(11)14/h4-7,15-16H,8-10H2,1-3H3. The second kappa shape index (κ2) is 5.97. The fraction of sp³-hybridized carbons (Fsp3) is 0.538. The average Bonchev–Trinajstić information content (AvgIpc) is 2.20. The molecule has 0 aliphatic heterocycles. The summed E-state index contributed by atoms with van der Waals surface area (Å²) in [5.74, 6) is -0.115. The maximum absolute atomic E-state index is 13.3. The molecule has 0 fully saturated rings. The first kappa shape index (κ1) is 13.1. The number of nitrogens with one attached hydrogen (secondary N) is 2. The van der Waals surface area contributed by atoms with E-state index in [0.717, 1.165) is 25.1 Å². The van der Waals surface area contributed by atoms with E-state index in [0.29, 0.717) is 0 Å². The second-order valence-corrected chi connectivity index (χ2v) is 4.68. The Hall–Kier alpha value is -0.930. The Morgan fingerprint density at radius 3 is 2.56 bits per heavy atom. The fourth-order valence-electron chi connectivity index (χ4n) is 1.74. The number of benzene rings is 1. The molecule has 0 saturated heterocycles. The Morgan fingerprint density at radius 2 is 1.94 bits per heavy atom. The largest absolute Gasteiger partial charge is 0.318 e. The molecule has 0 heterocycles. The minimum atomic E-state index is -0.115. The van der Waals surface area contributed by atoms with E-state index in [1.165, 1.54) is 6.07 Å². The Bertz CT molecular complexity index is 323. The summed E-state index contributed by atoms with van der Waals surface area (Å²) in [5.41, 5.74) is 0.815. The van der Waals surface area contributed by atoms with Gasteiger partial charge in [-0.05, 0) is 45.5 Å². The number of rotatable bonds is 6. The van der Waals surface area contributed by atoms with Crippen molar-refractivity contribution in [2.24, 2.45) is 0 Å². The minimum absolute atomic E-state index is 0.0417. The lowest BCUT2D eigenvalue weighted by Crippen LogP contribution is -2.47. The Kier molecular flexibility index (Phi) is 4.90. The number of likely N-dealkylation sites (N-methyl/N-ethyl adjacent to an activating group) is 1. The van der Waals surface area contributed by atoms with Gasteiger partial charge in [-0.15, -0.1) is 0 Å². The molecule has 0 aliphatic rings. The Morgan fingerprint density at radius 1 is 1.25 bits per heavy atom. The van der Waals surface area contributed by atoms with E-state index in [1.54, 1.807) is 6.07 Å². The van der Waals surface area contributed by atoms with Gasteiger partial charge in [0.15, 0.2) is 0 Å². The van der Waals surface area contributed by atoms with Gasteiger partial charge in [0.1, 0.15) is 5.82 Å². The van der Waals surface area contributed by atoms with Crippen molar-refractivity contribution in [2.45, 2.75) is 25.8 Å². The van der Waals surface area contributed by atoms with E-state index >= 15 is 0 Å². The van der Waals surface area contributed by atoms with Crippen molar-refractivity contribution < 1.29 is 4.39 Å². The maximum atomic E-state index is 13.3.